The van der Waals surface area contributed by atoms with Crippen LogP contribution in [0, 0.1) is 5.82 Å². The molecule has 2 rings (SSSR count). The summed E-state index contributed by atoms with van der Waals surface area (Å²) in [5.41, 5.74) is 0.413. The molecule has 1 amide bonds. The zero-order valence-electron chi connectivity index (χ0n) is 10.2. The van der Waals surface area contributed by atoms with Gasteiger partial charge in [-0.15, -0.1) is 11.3 Å². The van der Waals surface area contributed by atoms with Crippen LogP contribution < -0.4 is 5.32 Å². The first-order chi connectivity index (χ1) is 9.11. The quantitative estimate of drug-likeness (QED) is 0.914. The number of carbonyl (C=O) groups excluding carboxylic acids is 1. The van der Waals surface area contributed by atoms with Crippen LogP contribution in [0.25, 0.3) is 0 Å². The van der Waals surface area contributed by atoms with Crippen molar-refractivity contribution in [3.63, 3.8) is 0 Å². The largest absolute Gasteiger partial charge is 0.343 e. The van der Waals surface area contributed by atoms with Crippen molar-refractivity contribution in [2.45, 2.75) is 19.4 Å². The first kappa shape index (κ1) is 14.1. The number of benzene rings is 1. The second kappa shape index (κ2) is 6.25. The van der Waals surface area contributed by atoms with Crippen molar-refractivity contribution >= 4 is 33.2 Å². The Bertz CT molecular complexity index is 574. The molecule has 3 nitrogen and oxygen atoms in total. The fourth-order valence-corrected chi connectivity index (χ4v) is 2.96. The molecule has 0 saturated carbocycles. The molecule has 1 aromatic carbocycles. The van der Waals surface area contributed by atoms with Gasteiger partial charge in [0, 0.05) is 16.0 Å². The van der Waals surface area contributed by atoms with Gasteiger partial charge in [-0.3, -0.25) is 4.79 Å². The molecule has 0 spiro atoms. The maximum absolute atomic E-state index is 13.0. The van der Waals surface area contributed by atoms with Gasteiger partial charge < -0.3 is 5.32 Å². The third-order valence-electron chi connectivity index (χ3n) is 2.64. The highest BCUT2D eigenvalue weighted by Gasteiger charge is 2.17. The van der Waals surface area contributed by atoms with Gasteiger partial charge in [-0.1, -0.05) is 6.92 Å². The van der Waals surface area contributed by atoms with E-state index in [4.69, 9.17) is 0 Å². The van der Waals surface area contributed by atoms with Crippen LogP contribution >= 0.6 is 27.3 Å². The normalized spacial score (nSPS) is 12.2. The molecule has 6 heteroatoms. The van der Waals surface area contributed by atoms with E-state index in [1.165, 1.54) is 29.5 Å². The molecule has 19 heavy (non-hydrogen) atoms. The molecule has 1 atom stereocenters. The summed E-state index contributed by atoms with van der Waals surface area (Å²) in [5.74, 6) is -0.621. The lowest BCUT2D eigenvalue weighted by Gasteiger charge is -2.15. The number of nitrogens with one attached hydrogen (secondary N) is 1. The Morgan fingerprint density at radius 3 is 2.95 bits per heavy atom. The van der Waals surface area contributed by atoms with Gasteiger partial charge in [0.25, 0.3) is 5.91 Å². The minimum Gasteiger partial charge on any atom is -0.343 e. The van der Waals surface area contributed by atoms with Gasteiger partial charge >= 0.3 is 0 Å². The molecule has 0 radical (unpaired) electrons. The van der Waals surface area contributed by atoms with E-state index in [0.29, 0.717) is 10.0 Å². The molecular weight excluding hydrogens is 331 g/mol. The van der Waals surface area contributed by atoms with Crippen molar-refractivity contribution < 1.29 is 9.18 Å². The lowest BCUT2D eigenvalue weighted by atomic mass is 10.1. The Morgan fingerprint density at radius 1 is 1.58 bits per heavy atom. The first-order valence-corrected chi connectivity index (χ1v) is 7.44. The monoisotopic (exact) mass is 342 g/mol. The number of hydrogen-bond donors (Lipinski definition) is 1. The molecule has 2 aromatic rings. The molecule has 100 valence electrons. The minimum absolute atomic E-state index is 0.121. The van der Waals surface area contributed by atoms with Gasteiger partial charge in [-0.2, -0.15) is 0 Å². The first-order valence-electron chi connectivity index (χ1n) is 5.77. The van der Waals surface area contributed by atoms with E-state index in [2.05, 4.69) is 26.2 Å². The summed E-state index contributed by atoms with van der Waals surface area (Å²) in [6.45, 7) is 1.98. The van der Waals surface area contributed by atoms with Gasteiger partial charge in [0.2, 0.25) is 0 Å². The Morgan fingerprint density at radius 2 is 2.37 bits per heavy atom. The predicted molar refractivity (Wildman–Crippen MR) is 76.7 cm³/mol. The van der Waals surface area contributed by atoms with Crippen LogP contribution in [0.3, 0.4) is 0 Å². The van der Waals surface area contributed by atoms with Crippen LogP contribution in [-0.4, -0.2) is 10.9 Å². The number of halogens is 2. The topological polar surface area (TPSA) is 42.0 Å². The zero-order chi connectivity index (χ0) is 13.8. The van der Waals surface area contributed by atoms with Crippen molar-refractivity contribution in [1.29, 1.82) is 0 Å². The number of thiazole rings is 1. The Labute approximate surface area is 123 Å². The minimum atomic E-state index is -0.379. The average molecular weight is 343 g/mol. The van der Waals surface area contributed by atoms with Crippen molar-refractivity contribution in [2.24, 2.45) is 0 Å². The van der Waals surface area contributed by atoms with Crippen molar-refractivity contribution in [2.75, 3.05) is 0 Å². The number of hydrogen-bond acceptors (Lipinski definition) is 3. The molecule has 0 aliphatic rings. The number of nitrogens with zero attached hydrogens (tertiary/aromatic N) is 1. The summed E-state index contributed by atoms with van der Waals surface area (Å²) in [7, 11) is 0. The second-order valence-electron chi connectivity index (χ2n) is 3.93. The van der Waals surface area contributed by atoms with E-state index in [9.17, 15) is 9.18 Å². The number of aromatic nitrogens is 1. The molecule has 1 heterocycles. The van der Waals surface area contributed by atoms with E-state index in [0.717, 1.165) is 11.4 Å². The van der Waals surface area contributed by atoms with Crippen molar-refractivity contribution in [3.05, 3.63) is 50.6 Å². The Kier molecular flexibility index (Phi) is 4.66. The van der Waals surface area contributed by atoms with Gasteiger partial charge in [-0.25, -0.2) is 9.37 Å². The highest BCUT2D eigenvalue weighted by atomic mass is 79.9. The second-order valence-corrected chi connectivity index (χ2v) is 5.71. The molecule has 0 aliphatic carbocycles. The van der Waals surface area contributed by atoms with Crippen LogP contribution in [0.4, 0.5) is 4.39 Å². The Balaban J connectivity index is 2.16. The molecular formula is C13H12BrFN2OS. The summed E-state index contributed by atoms with van der Waals surface area (Å²) in [6, 6.07) is 3.89. The average Bonchev–Trinajstić information content (AvgIpc) is 2.89. The standard InChI is InChI=1S/C13H12BrFN2OS/c1-2-11(13-16-5-6-19-13)17-12(18)9-4-3-8(15)7-10(9)14/h3-7,11H,2H2,1H3,(H,17,18). The van der Waals surface area contributed by atoms with E-state index >= 15 is 0 Å². The van der Waals surface area contributed by atoms with Crippen molar-refractivity contribution in [1.82, 2.24) is 10.3 Å². The summed E-state index contributed by atoms with van der Waals surface area (Å²) in [5, 5.41) is 5.64. The third kappa shape index (κ3) is 3.39. The maximum atomic E-state index is 13.0. The molecule has 0 saturated heterocycles. The molecule has 0 aliphatic heterocycles. The fraction of sp³-hybridized carbons (Fsp3) is 0.231. The molecule has 1 unspecified atom stereocenters. The lowest BCUT2D eigenvalue weighted by Crippen LogP contribution is -2.28. The lowest BCUT2D eigenvalue weighted by molar-refractivity contribution is 0.0934. The molecule has 0 bridgehead atoms. The predicted octanol–water partition coefficient (Wildman–Crippen LogP) is 3.93. The number of rotatable bonds is 4. The fourth-order valence-electron chi connectivity index (χ4n) is 1.65. The van der Waals surface area contributed by atoms with Crippen LogP contribution in [0.5, 0.6) is 0 Å². The Hall–Kier alpha value is -1.27. The summed E-state index contributed by atoms with van der Waals surface area (Å²) in [6.07, 6.45) is 2.46. The van der Waals surface area contributed by atoms with Crippen LogP contribution in [0.15, 0.2) is 34.2 Å². The van der Waals surface area contributed by atoms with Gasteiger partial charge in [0.1, 0.15) is 10.8 Å². The van der Waals surface area contributed by atoms with Crippen LogP contribution in [0.2, 0.25) is 0 Å². The van der Waals surface area contributed by atoms with E-state index in [-0.39, 0.29) is 17.8 Å². The van der Waals surface area contributed by atoms with Crippen molar-refractivity contribution in [3.8, 4) is 0 Å². The van der Waals surface area contributed by atoms with Crippen LogP contribution in [0.1, 0.15) is 34.8 Å². The zero-order valence-corrected chi connectivity index (χ0v) is 12.6. The SMILES string of the molecule is CCC(NC(=O)c1ccc(F)cc1Br)c1nccs1. The number of amides is 1. The maximum Gasteiger partial charge on any atom is 0.252 e. The highest BCUT2D eigenvalue weighted by Crippen LogP contribution is 2.22. The van der Waals surface area contributed by atoms with Crippen LogP contribution in [-0.2, 0) is 0 Å². The van der Waals surface area contributed by atoms with Gasteiger partial charge in [-0.05, 0) is 40.5 Å². The summed E-state index contributed by atoms with van der Waals surface area (Å²) < 4.78 is 13.4. The van der Waals surface area contributed by atoms with E-state index in [1.54, 1.807) is 6.20 Å². The molecule has 1 N–H and O–H groups in total. The van der Waals surface area contributed by atoms with E-state index < -0.39 is 0 Å². The number of carbonyl (C=O) groups is 1. The molecule has 1 aromatic heterocycles. The third-order valence-corrected chi connectivity index (χ3v) is 4.18. The smallest absolute Gasteiger partial charge is 0.252 e. The summed E-state index contributed by atoms with van der Waals surface area (Å²) in [4.78, 5) is 16.4. The van der Waals surface area contributed by atoms with E-state index in [1.807, 2.05) is 12.3 Å². The summed E-state index contributed by atoms with van der Waals surface area (Å²) >= 11 is 4.70. The highest BCUT2D eigenvalue weighted by molar-refractivity contribution is 9.10. The molecule has 0 fully saturated rings. The van der Waals surface area contributed by atoms with Gasteiger partial charge in [0.05, 0.1) is 11.6 Å². The van der Waals surface area contributed by atoms with Gasteiger partial charge in [0.15, 0.2) is 0 Å².